The highest BCUT2D eigenvalue weighted by Crippen LogP contribution is 2.23. The van der Waals surface area contributed by atoms with Gasteiger partial charge in [0.15, 0.2) is 5.82 Å². The molecule has 1 heterocycles. The summed E-state index contributed by atoms with van der Waals surface area (Å²) in [6.07, 6.45) is -0.442. The lowest BCUT2D eigenvalue weighted by atomic mass is 10.0. The molecular weight excluding hydrogens is 489 g/mol. The summed E-state index contributed by atoms with van der Waals surface area (Å²) in [5, 5.41) is 38.8. The van der Waals surface area contributed by atoms with Crippen LogP contribution in [0, 0.1) is 5.82 Å². The van der Waals surface area contributed by atoms with Gasteiger partial charge in [-0.2, -0.15) is 0 Å². The maximum Gasteiger partial charge on any atom is 0.319 e. The maximum absolute atomic E-state index is 13.2. The number of rotatable bonds is 12. The van der Waals surface area contributed by atoms with Crippen molar-refractivity contribution in [1.82, 2.24) is 30.4 Å². The summed E-state index contributed by atoms with van der Waals surface area (Å²) in [6, 6.07) is 10.5. The van der Waals surface area contributed by atoms with Crippen molar-refractivity contribution in [3.8, 4) is 11.4 Å². The number of nitrogens with zero attached hydrogens (tertiary/aromatic N) is 5. The Balaban J connectivity index is 0. The third kappa shape index (κ3) is 7.80. The fraction of sp³-hybridized carbons (Fsp3) is 0.481. The lowest BCUT2D eigenvalue weighted by molar-refractivity contribution is 0.0228. The molecule has 0 bridgehead atoms. The molecule has 38 heavy (non-hydrogen) atoms. The number of benzene rings is 2. The van der Waals surface area contributed by atoms with Crippen LogP contribution in [0.2, 0.25) is 0 Å². The first-order valence-electron chi connectivity index (χ1n) is 12.9. The number of aliphatic hydroxyl groups excluding tert-OH is 2. The summed E-state index contributed by atoms with van der Waals surface area (Å²) in [7, 11) is 1.75. The largest absolute Gasteiger partial charge is 0.391 e. The number of urea groups is 1. The number of hydrogen-bond donors (Lipinski definition) is 4. The van der Waals surface area contributed by atoms with Crippen molar-refractivity contribution in [3.63, 3.8) is 0 Å². The quantitative estimate of drug-likeness (QED) is 0.278. The average Bonchev–Trinajstić information content (AvgIpc) is 3.33. The second kappa shape index (κ2) is 13.4. The van der Waals surface area contributed by atoms with Crippen molar-refractivity contribution >= 4 is 11.7 Å². The first-order valence-corrected chi connectivity index (χ1v) is 12.9. The van der Waals surface area contributed by atoms with Gasteiger partial charge in [0.1, 0.15) is 5.82 Å². The van der Waals surface area contributed by atoms with Crippen LogP contribution in [0.4, 0.5) is 14.9 Å². The molecule has 0 saturated heterocycles. The summed E-state index contributed by atoms with van der Waals surface area (Å²) in [5.74, 6) is 0.268. The van der Waals surface area contributed by atoms with E-state index in [4.69, 9.17) is 0 Å². The van der Waals surface area contributed by atoms with E-state index in [1.54, 1.807) is 36.9 Å². The van der Waals surface area contributed by atoms with E-state index in [1.165, 1.54) is 12.1 Å². The third-order valence-electron chi connectivity index (χ3n) is 6.79. The molecule has 2 amide bonds. The van der Waals surface area contributed by atoms with E-state index in [1.807, 2.05) is 37.8 Å². The maximum atomic E-state index is 13.2. The van der Waals surface area contributed by atoms with Gasteiger partial charge in [-0.25, -0.2) is 13.9 Å². The van der Waals surface area contributed by atoms with Crippen LogP contribution in [-0.2, 0) is 19.9 Å². The molecule has 0 aliphatic carbocycles. The molecule has 2 aromatic carbocycles. The number of halogens is 1. The smallest absolute Gasteiger partial charge is 0.319 e. The van der Waals surface area contributed by atoms with Gasteiger partial charge in [0.25, 0.3) is 0 Å². The zero-order chi connectivity index (χ0) is 27.8. The molecule has 4 N–H and O–H groups in total. The Hall–Kier alpha value is -3.41. The zero-order valence-corrected chi connectivity index (χ0v) is 22.6. The number of carbonyl (C=O) groups excluding carboxylic acids is 1. The lowest BCUT2D eigenvalue weighted by Crippen LogP contribution is -2.51. The van der Waals surface area contributed by atoms with Crippen LogP contribution >= 0.6 is 0 Å². The van der Waals surface area contributed by atoms with Gasteiger partial charge in [-0.15, -0.1) is 5.10 Å². The molecule has 0 radical (unpaired) electrons. The van der Waals surface area contributed by atoms with Gasteiger partial charge in [0.2, 0.25) is 0 Å². The van der Waals surface area contributed by atoms with E-state index < -0.39 is 24.3 Å². The van der Waals surface area contributed by atoms with Gasteiger partial charge >= 0.3 is 6.03 Å². The number of anilines is 1. The highest BCUT2D eigenvalue weighted by atomic mass is 19.1. The normalized spacial score (nSPS) is 14.7. The van der Waals surface area contributed by atoms with Crippen LogP contribution < -0.4 is 10.6 Å². The Kier molecular flexibility index (Phi) is 10.3. The summed E-state index contributed by atoms with van der Waals surface area (Å²) < 4.78 is 14.7. The molecule has 4 atom stereocenters. The number of nitrogens with one attached hydrogen (secondary N) is 2. The molecule has 0 saturated carbocycles. The van der Waals surface area contributed by atoms with Crippen molar-refractivity contribution in [2.24, 2.45) is 7.05 Å². The highest BCUT2D eigenvalue weighted by molar-refractivity contribution is 5.90. The van der Waals surface area contributed by atoms with Crippen molar-refractivity contribution < 1.29 is 25.1 Å². The molecule has 214 valence electrons. The van der Waals surface area contributed by atoms with E-state index in [9.17, 15) is 19.4 Å². The number of aliphatic hydroxyl groups is 2. The molecule has 0 aliphatic heterocycles. The Bertz CT molecular complexity index is 1210. The number of hydrogen-bond acceptors (Lipinski definition) is 7. The summed E-state index contributed by atoms with van der Waals surface area (Å²) in [4.78, 5) is 14.7. The minimum atomic E-state index is -0.872. The van der Waals surface area contributed by atoms with Gasteiger partial charge in [-0.05, 0) is 85.1 Å². The molecular formula is C27H46FN7O3. The Morgan fingerprint density at radius 1 is 1.11 bits per heavy atom. The summed E-state index contributed by atoms with van der Waals surface area (Å²) in [5.41, 5.74) is 3.22. The Labute approximate surface area is 228 Å². The molecule has 1 aromatic heterocycles. The predicted octanol–water partition coefficient (Wildman–Crippen LogP) is 3.75. The predicted molar refractivity (Wildman–Crippen MR) is 153 cm³/mol. The minimum absolute atomic E-state index is 0. The van der Waals surface area contributed by atoms with Crippen molar-refractivity contribution in [2.75, 3.05) is 18.4 Å². The average molecular weight is 536 g/mol. The van der Waals surface area contributed by atoms with Crippen LogP contribution in [0.25, 0.3) is 11.4 Å². The van der Waals surface area contributed by atoms with Crippen molar-refractivity contribution in [1.29, 1.82) is 0 Å². The number of tetrazole rings is 1. The fourth-order valence-corrected chi connectivity index (χ4v) is 4.30. The van der Waals surface area contributed by atoms with Crippen LogP contribution in [0.15, 0.2) is 42.5 Å². The van der Waals surface area contributed by atoms with Crippen LogP contribution in [0.5, 0.6) is 0 Å². The van der Waals surface area contributed by atoms with Gasteiger partial charge in [-0.1, -0.05) is 26.0 Å². The Morgan fingerprint density at radius 2 is 1.82 bits per heavy atom. The third-order valence-corrected chi connectivity index (χ3v) is 6.79. The van der Waals surface area contributed by atoms with Crippen LogP contribution in [0.3, 0.4) is 0 Å². The SMILES string of the molecule is CCc1cc(NC(=O)N[C@H](C)[C@@H](O)CN(CC)[C@@H](C)[C@@H](O)Cc2ccc(F)cc2)cc(-c2nnnn2C)c1.[HH].[HH].[HH].[HH]. The molecule has 10 nitrogen and oxygen atoms in total. The molecule has 0 aliphatic rings. The number of amides is 2. The van der Waals surface area contributed by atoms with Gasteiger partial charge in [0.05, 0.1) is 18.2 Å². The van der Waals surface area contributed by atoms with Crippen molar-refractivity contribution in [3.05, 3.63) is 59.4 Å². The van der Waals surface area contributed by atoms with Gasteiger partial charge in [0, 0.05) is 36.6 Å². The Morgan fingerprint density at radius 3 is 2.42 bits per heavy atom. The lowest BCUT2D eigenvalue weighted by Gasteiger charge is -2.34. The van der Waals surface area contributed by atoms with E-state index >= 15 is 0 Å². The van der Waals surface area contributed by atoms with Crippen LogP contribution in [-0.4, -0.2) is 78.7 Å². The summed E-state index contributed by atoms with van der Waals surface area (Å²) >= 11 is 0. The van der Waals surface area contributed by atoms with Gasteiger partial charge in [-0.3, -0.25) is 4.90 Å². The molecule has 3 aromatic rings. The van der Waals surface area contributed by atoms with E-state index in [-0.39, 0.29) is 24.1 Å². The molecule has 11 heteroatoms. The number of likely N-dealkylation sites (N-methyl/N-ethyl adjacent to an activating group) is 1. The summed E-state index contributed by atoms with van der Waals surface area (Å²) in [6.45, 7) is 8.45. The molecule has 0 unspecified atom stereocenters. The monoisotopic (exact) mass is 535 g/mol. The standard InChI is InChI=1S/C27H38FN7O3.4H2/c1-6-19-12-21(26-31-32-33-34(26)5)15-23(13-19)30-27(38)29-17(3)25(37)16-35(7-2)18(4)24(36)14-20-8-10-22(28)11-9-20;;;;/h8-13,15,17-18,24-25,36-37H,6-7,14,16H2,1-5H3,(H2,29,30,38);4*1H/t17-,18+,24+,25+;;;;/m1..../s1. The first-order chi connectivity index (χ1) is 18.1. The second-order valence-corrected chi connectivity index (χ2v) is 9.58. The minimum Gasteiger partial charge on any atom is -0.391 e. The topological polar surface area (TPSA) is 128 Å². The molecule has 0 fully saturated rings. The first kappa shape index (κ1) is 29.2. The molecule has 3 rings (SSSR count). The van der Waals surface area contributed by atoms with E-state index in [2.05, 4.69) is 26.2 Å². The van der Waals surface area contributed by atoms with Crippen molar-refractivity contribution in [2.45, 2.75) is 64.8 Å². The van der Waals surface area contributed by atoms with E-state index in [0.29, 0.717) is 24.5 Å². The van der Waals surface area contributed by atoms with Crippen LogP contribution in [0.1, 0.15) is 44.5 Å². The highest BCUT2D eigenvalue weighted by Gasteiger charge is 2.26. The zero-order valence-electron chi connectivity index (χ0n) is 22.6. The fourth-order valence-electron chi connectivity index (χ4n) is 4.30. The number of carbonyl (C=O) groups is 1. The van der Waals surface area contributed by atoms with E-state index in [0.717, 1.165) is 23.1 Å². The van der Waals surface area contributed by atoms with Gasteiger partial charge < -0.3 is 20.8 Å². The number of aryl methyl sites for hydroxylation is 2. The second-order valence-electron chi connectivity index (χ2n) is 9.58. The molecule has 0 spiro atoms. The number of aromatic nitrogens is 4.